The zero-order valence-corrected chi connectivity index (χ0v) is 10.5. The quantitative estimate of drug-likeness (QED) is 0.787. The smallest absolute Gasteiger partial charge is 0.223 e. The van der Waals surface area contributed by atoms with Crippen LogP contribution in [-0.4, -0.2) is 36.5 Å². The Hall–Kier alpha value is -0.570. The molecule has 2 aliphatic rings. The van der Waals surface area contributed by atoms with Gasteiger partial charge in [0.25, 0.3) is 0 Å². The lowest BCUT2D eigenvalue weighted by Crippen LogP contribution is -2.45. The first-order valence-corrected chi connectivity index (χ1v) is 6.73. The Balaban J connectivity index is 1.67. The predicted molar refractivity (Wildman–Crippen MR) is 65.2 cm³/mol. The first kappa shape index (κ1) is 11.9. The molecule has 0 bridgehead atoms. The monoisotopic (exact) mass is 224 g/mol. The summed E-state index contributed by atoms with van der Waals surface area (Å²) in [6, 6.07) is 0.438. The minimum Gasteiger partial charge on any atom is -0.353 e. The molecule has 1 saturated heterocycles. The van der Waals surface area contributed by atoms with Crippen LogP contribution in [0.1, 0.15) is 39.5 Å². The van der Waals surface area contributed by atoms with E-state index in [9.17, 15) is 4.79 Å². The van der Waals surface area contributed by atoms with Crippen LogP contribution in [0, 0.1) is 11.8 Å². The van der Waals surface area contributed by atoms with Gasteiger partial charge in [-0.1, -0.05) is 13.8 Å². The lowest BCUT2D eigenvalue weighted by atomic mass is 10.0. The van der Waals surface area contributed by atoms with Gasteiger partial charge in [0.2, 0.25) is 5.91 Å². The van der Waals surface area contributed by atoms with Crippen LogP contribution in [0.15, 0.2) is 0 Å². The van der Waals surface area contributed by atoms with Crippen LogP contribution in [0.5, 0.6) is 0 Å². The number of hydrogen-bond donors (Lipinski definition) is 1. The Kier molecular flexibility index (Phi) is 3.85. The summed E-state index contributed by atoms with van der Waals surface area (Å²) in [6.07, 6.45) is 4.59. The Morgan fingerprint density at radius 3 is 2.50 bits per heavy atom. The van der Waals surface area contributed by atoms with Crippen molar-refractivity contribution in [1.29, 1.82) is 0 Å². The number of piperidine rings is 1. The van der Waals surface area contributed by atoms with Crippen molar-refractivity contribution in [3.05, 3.63) is 0 Å². The van der Waals surface area contributed by atoms with E-state index in [0.29, 0.717) is 23.8 Å². The van der Waals surface area contributed by atoms with Crippen LogP contribution >= 0.6 is 0 Å². The molecule has 0 spiro atoms. The van der Waals surface area contributed by atoms with Crippen LogP contribution < -0.4 is 5.32 Å². The van der Waals surface area contributed by atoms with Crippen LogP contribution in [0.3, 0.4) is 0 Å². The molecule has 0 radical (unpaired) electrons. The molecule has 1 aliphatic carbocycles. The van der Waals surface area contributed by atoms with Gasteiger partial charge in [0.1, 0.15) is 0 Å². The van der Waals surface area contributed by atoms with E-state index in [0.717, 1.165) is 32.4 Å². The minimum absolute atomic E-state index is 0.307. The number of amides is 1. The highest BCUT2D eigenvalue weighted by Crippen LogP contribution is 2.37. The molecular weight excluding hydrogens is 200 g/mol. The summed E-state index contributed by atoms with van der Waals surface area (Å²) in [7, 11) is 0. The second kappa shape index (κ2) is 5.17. The molecule has 1 heterocycles. The summed E-state index contributed by atoms with van der Waals surface area (Å²) in [4.78, 5) is 14.3. The summed E-state index contributed by atoms with van der Waals surface area (Å²) in [5, 5.41) is 3.21. The van der Waals surface area contributed by atoms with Gasteiger partial charge >= 0.3 is 0 Å². The van der Waals surface area contributed by atoms with Gasteiger partial charge in [-0.05, 0) is 38.1 Å². The van der Waals surface area contributed by atoms with Crippen molar-refractivity contribution < 1.29 is 4.79 Å². The van der Waals surface area contributed by atoms with Gasteiger partial charge in [-0.2, -0.15) is 0 Å². The average Bonchev–Trinajstić information content (AvgIpc) is 2.99. The number of carbonyl (C=O) groups excluding carboxylic acids is 1. The van der Waals surface area contributed by atoms with E-state index >= 15 is 0 Å². The molecule has 3 nitrogen and oxygen atoms in total. The van der Waals surface area contributed by atoms with Crippen molar-refractivity contribution in [2.75, 3.05) is 19.6 Å². The van der Waals surface area contributed by atoms with Gasteiger partial charge < -0.3 is 10.2 Å². The van der Waals surface area contributed by atoms with Crippen molar-refractivity contribution in [3.63, 3.8) is 0 Å². The molecule has 92 valence electrons. The predicted octanol–water partition coefficient (Wildman–Crippen LogP) is 1.63. The number of nitrogens with zero attached hydrogens (tertiary/aromatic N) is 1. The van der Waals surface area contributed by atoms with E-state index in [1.807, 2.05) is 0 Å². The molecule has 3 heteroatoms. The normalized spacial score (nSPS) is 31.4. The van der Waals surface area contributed by atoms with E-state index in [1.165, 1.54) is 13.0 Å². The summed E-state index contributed by atoms with van der Waals surface area (Å²) < 4.78 is 0. The summed E-state index contributed by atoms with van der Waals surface area (Å²) in [5.74, 6) is 1.26. The Labute approximate surface area is 98.6 Å². The maximum Gasteiger partial charge on any atom is 0.223 e. The Morgan fingerprint density at radius 2 is 2.00 bits per heavy atom. The third-order valence-electron chi connectivity index (χ3n) is 3.92. The van der Waals surface area contributed by atoms with Crippen molar-refractivity contribution in [1.82, 2.24) is 10.2 Å². The molecule has 0 aromatic rings. The molecule has 1 saturated carbocycles. The number of likely N-dealkylation sites (tertiary alicyclic amines) is 1. The molecule has 2 unspecified atom stereocenters. The van der Waals surface area contributed by atoms with Crippen molar-refractivity contribution >= 4 is 5.91 Å². The standard InChI is InChI=1S/C13H24N2O/c1-3-6-15-7-4-11(5-8-15)14-13(16)12-9-10(12)2/h10-12H,3-9H2,1-2H3,(H,14,16). The molecule has 1 N–H and O–H groups in total. The van der Waals surface area contributed by atoms with Crippen molar-refractivity contribution in [2.24, 2.45) is 11.8 Å². The Bertz CT molecular complexity index is 246. The molecule has 1 aliphatic heterocycles. The van der Waals surface area contributed by atoms with Gasteiger partial charge in [-0.25, -0.2) is 0 Å². The molecule has 16 heavy (non-hydrogen) atoms. The fourth-order valence-corrected chi connectivity index (χ4v) is 2.61. The lowest BCUT2D eigenvalue weighted by molar-refractivity contribution is -0.123. The SMILES string of the molecule is CCCN1CCC(NC(=O)C2CC2C)CC1. The van der Waals surface area contributed by atoms with Gasteiger partial charge in [0.15, 0.2) is 0 Å². The highest BCUT2D eigenvalue weighted by Gasteiger charge is 2.39. The second-order valence-corrected chi connectivity index (χ2v) is 5.44. The van der Waals surface area contributed by atoms with Crippen LogP contribution in [-0.2, 0) is 4.79 Å². The van der Waals surface area contributed by atoms with Gasteiger partial charge in [0, 0.05) is 25.0 Å². The third kappa shape index (κ3) is 2.97. The number of nitrogens with one attached hydrogen (secondary N) is 1. The minimum atomic E-state index is 0.307. The zero-order valence-electron chi connectivity index (χ0n) is 10.5. The number of hydrogen-bond acceptors (Lipinski definition) is 2. The van der Waals surface area contributed by atoms with E-state index in [2.05, 4.69) is 24.1 Å². The van der Waals surface area contributed by atoms with Gasteiger partial charge in [-0.15, -0.1) is 0 Å². The van der Waals surface area contributed by atoms with Crippen LogP contribution in [0.2, 0.25) is 0 Å². The van der Waals surface area contributed by atoms with Crippen molar-refractivity contribution in [3.8, 4) is 0 Å². The van der Waals surface area contributed by atoms with E-state index < -0.39 is 0 Å². The lowest BCUT2D eigenvalue weighted by Gasteiger charge is -2.32. The van der Waals surface area contributed by atoms with Crippen LogP contribution in [0.4, 0.5) is 0 Å². The molecule has 2 fully saturated rings. The molecule has 0 aromatic carbocycles. The van der Waals surface area contributed by atoms with Gasteiger partial charge in [0.05, 0.1) is 0 Å². The topological polar surface area (TPSA) is 32.3 Å². The van der Waals surface area contributed by atoms with E-state index in [4.69, 9.17) is 0 Å². The first-order chi connectivity index (χ1) is 7.70. The fraction of sp³-hybridized carbons (Fsp3) is 0.923. The summed E-state index contributed by atoms with van der Waals surface area (Å²) in [5.41, 5.74) is 0. The molecule has 0 aromatic heterocycles. The van der Waals surface area contributed by atoms with Crippen molar-refractivity contribution in [2.45, 2.75) is 45.6 Å². The zero-order chi connectivity index (χ0) is 11.5. The average molecular weight is 224 g/mol. The molecular formula is C13H24N2O. The summed E-state index contributed by atoms with van der Waals surface area (Å²) >= 11 is 0. The highest BCUT2D eigenvalue weighted by atomic mass is 16.2. The fourth-order valence-electron chi connectivity index (χ4n) is 2.61. The third-order valence-corrected chi connectivity index (χ3v) is 3.92. The first-order valence-electron chi connectivity index (χ1n) is 6.73. The van der Waals surface area contributed by atoms with Crippen LogP contribution in [0.25, 0.3) is 0 Å². The molecule has 2 atom stereocenters. The number of rotatable bonds is 4. The van der Waals surface area contributed by atoms with E-state index in [1.54, 1.807) is 0 Å². The summed E-state index contributed by atoms with van der Waals surface area (Å²) in [6.45, 7) is 7.90. The largest absolute Gasteiger partial charge is 0.353 e. The second-order valence-electron chi connectivity index (χ2n) is 5.44. The maximum absolute atomic E-state index is 11.8. The molecule has 2 rings (SSSR count). The highest BCUT2D eigenvalue weighted by molar-refractivity contribution is 5.81. The van der Waals surface area contributed by atoms with Gasteiger partial charge in [-0.3, -0.25) is 4.79 Å². The van der Waals surface area contributed by atoms with E-state index in [-0.39, 0.29) is 0 Å². The molecule has 1 amide bonds. The number of carbonyl (C=O) groups is 1. The Morgan fingerprint density at radius 1 is 1.38 bits per heavy atom. The maximum atomic E-state index is 11.8.